The molecule has 1 aliphatic carbocycles. The highest BCUT2D eigenvalue weighted by molar-refractivity contribution is 6.30. The minimum Gasteiger partial charge on any atom is -0.473 e. The molecule has 1 aliphatic heterocycles. The van der Waals surface area contributed by atoms with E-state index in [9.17, 15) is 4.79 Å². The molecule has 31 heavy (non-hydrogen) atoms. The molecule has 2 aliphatic rings. The Kier molecular flexibility index (Phi) is 6.36. The van der Waals surface area contributed by atoms with Crippen molar-refractivity contribution in [2.24, 2.45) is 5.41 Å². The fourth-order valence-corrected chi connectivity index (χ4v) is 4.02. The van der Waals surface area contributed by atoms with Crippen molar-refractivity contribution in [3.8, 4) is 0 Å². The number of anilines is 2. The Bertz CT molecular complexity index is 1070. The first-order valence-electron chi connectivity index (χ1n) is 9.68. The van der Waals surface area contributed by atoms with E-state index < -0.39 is 11.9 Å². The van der Waals surface area contributed by atoms with Gasteiger partial charge in [0.2, 0.25) is 0 Å². The summed E-state index contributed by atoms with van der Waals surface area (Å²) in [6, 6.07) is 15.6. The van der Waals surface area contributed by atoms with Gasteiger partial charge in [0.1, 0.15) is 0 Å². The monoisotopic (exact) mass is 442 g/mol. The minimum absolute atomic E-state index is 0.0406. The quantitative estimate of drug-likeness (QED) is 0.472. The van der Waals surface area contributed by atoms with Crippen LogP contribution in [-0.4, -0.2) is 27.9 Å². The van der Waals surface area contributed by atoms with E-state index in [1.54, 1.807) is 0 Å². The predicted octanol–water partition coefficient (Wildman–Crippen LogP) is 4.72. The Labute approximate surface area is 184 Å². The number of nitrogens with one attached hydrogen (secondary N) is 2. The maximum absolute atomic E-state index is 13.0. The van der Waals surface area contributed by atoms with E-state index in [1.165, 1.54) is 0 Å². The maximum atomic E-state index is 13.0. The van der Waals surface area contributed by atoms with Crippen LogP contribution < -0.4 is 10.6 Å². The second-order valence-corrected chi connectivity index (χ2v) is 8.68. The number of carbonyl (C=O) groups excluding carboxylic acids is 1. The van der Waals surface area contributed by atoms with Gasteiger partial charge in [-0.15, -0.1) is 0 Å². The van der Waals surface area contributed by atoms with Gasteiger partial charge in [-0.05, 0) is 41.7 Å². The Hall–Kier alpha value is -3.32. The molecule has 1 heterocycles. The lowest BCUT2D eigenvalue weighted by Crippen LogP contribution is -2.31. The van der Waals surface area contributed by atoms with Crippen molar-refractivity contribution in [2.45, 2.75) is 32.7 Å². The number of Topliss-reactive ketones (excluding diaryl/α,β-unsaturated/α-hetero) is 1. The van der Waals surface area contributed by atoms with Gasteiger partial charge in [-0.1, -0.05) is 49.7 Å². The zero-order valence-electron chi connectivity index (χ0n) is 17.1. The number of carbonyl (C=O) groups is 3. The summed E-state index contributed by atoms with van der Waals surface area (Å²) in [5.74, 6) is -3.45. The fraction of sp³-hybridized carbons (Fsp3) is 0.261. The van der Waals surface area contributed by atoms with Crippen LogP contribution in [-0.2, 0) is 14.4 Å². The average Bonchev–Trinajstić information content (AvgIpc) is 2.84. The normalized spacial score (nSPS) is 18.8. The average molecular weight is 443 g/mol. The Morgan fingerprint density at radius 3 is 2.26 bits per heavy atom. The van der Waals surface area contributed by atoms with E-state index >= 15 is 0 Å². The number of hydrogen-bond acceptors (Lipinski definition) is 5. The number of fused-ring (bicyclic) bond motifs is 1. The number of hydrogen-bond donors (Lipinski definition) is 4. The molecule has 162 valence electrons. The molecule has 0 amide bonds. The molecule has 7 nitrogen and oxygen atoms in total. The van der Waals surface area contributed by atoms with Crippen LogP contribution in [0.5, 0.6) is 0 Å². The number of ketones is 1. The van der Waals surface area contributed by atoms with Gasteiger partial charge in [0.05, 0.1) is 17.4 Å². The Balaban J connectivity index is 0.000000401. The van der Waals surface area contributed by atoms with Crippen LogP contribution in [0, 0.1) is 5.41 Å². The van der Waals surface area contributed by atoms with Crippen LogP contribution in [0.3, 0.4) is 0 Å². The van der Waals surface area contributed by atoms with Gasteiger partial charge < -0.3 is 20.8 Å². The van der Waals surface area contributed by atoms with E-state index in [0.29, 0.717) is 11.4 Å². The number of rotatable bonds is 1. The number of carboxylic acids is 2. The number of halogens is 1. The molecule has 0 radical (unpaired) electrons. The van der Waals surface area contributed by atoms with Crippen molar-refractivity contribution in [1.82, 2.24) is 0 Å². The largest absolute Gasteiger partial charge is 0.473 e. The molecule has 4 rings (SSSR count). The Morgan fingerprint density at radius 2 is 1.65 bits per heavy atom. The first kappa shape index (κ1) is 22.4. The second kappa shape index (κ2) is 8.81. The molecule has 2 aromatic carbocycles. The molecule has 0 bridgehead atoms. The molecular formula is C23H23ClN2O5. The van der Waals surface area contributed by atoms with E-state index in [4.69, 9.17) is 31.4 Å². The summed E-state index contributed by atoms with van der Waals surface area (Å²) in [6.45, 7) is 4.30. The molecule has 4 N–H and O–H groups in total. The highest BCUT2D eigenvalue weighted by Crippen LogP contribution is 2.45. The van der Waals surface area contributed by atoms with Crippen LogP contribution in [0.2, 0.25) is 5.02 Å². The van der Waals surface area contributed by atoms with E-state index in [1.807, 2.05) is 48.5 Å². The summed E-state index contributed by atoms with van der Waals surface area (Å²) in [6.07, 6.45) is 1.41. The van der Waals surface area contributed by atoms with E-state index in [-0.39, 0.29) is 17.2 Å². The third kappa shape index (κ3) is 5.24. The SMILES string of the molecule is CC1(C)CC(=O)C2=C(C1)Nc1ccccc1NC2c1cccc(Cl)c1.O=C(O)C(=O)O. The highest BCUT2D eigenvalue weighted by Gasteiger charge is 2.38. The highest BCUT2D eigenvalue weighted by atomic mass is 35.5. The van der Waals surface area contributed by atoms with E-state index in [0.717, 1.165) is 34.6 Å². The third-order valence-corrected chi connectivity index (χ3v) is 5.32. The number of allylic oxidation sites excluding steroid dienone is 1. The van der Waals surface area contributed by atoms with Crippen LogP contribution in [0.25, 0.3) is 0 Å². The van der Waals surface area contributed by atoms with Crippen molar-refractivity contribution in [1.29, 1.82) is 0 Å². The van der Waals surface area contributed by atoms with Crippen LogP contribution in [0.1, 0.15) is 38.3 Å². The van der Waals surface area contributed by atoms with Gasteiger partial charge in [0.25, 0.3) is 0 Å². The molecule has 8 heteroatoms. The molecular weight excluding hydrogens is 420 g/mol. The zero-order chi connectivity index (χ0) is 22.8. The molecule has 1 atom stereocenters. The summed E-state index contributed by atoms with van der Waals surface area (Å²) >= 11 is 6.22. The fourth-order valence-electron chi connectivity index (χ4n) is 3.83. The molecule has 0 saturated carbocycles. The molecule has 0 aromatic heterocycles. The van der Waals surface area contributed by atoms with Crippen molar-refractivity contribution >= 4 is 40.7 Å². The molecule has 2 aromatic rings. The van der Waals surface area contributed by atoms with Crippen LogP contribution in [0.4, 0.5) is 11.4 Å². The van der Waals surface area contributed by atoms with Gasteiger partial charge in [0, 0.05) is 22.7 Å². The summed E-state index contributed by atoms with van der Waals surface area (Å²) in [5, 5.41) is 22.5. The van der Waals surface area contributed by atoms with Gasteiger partial charge in [-0.25, -0.2) is 9.59 Å². The lowest BCUT2D eigenvalue weighted by Gasteiger charge is -2.34. The smallest absolute Gasteiger partial charge is 0.414 e. The summed E-state index contributed by atoms with van der Waals surface area (Å²) < 4.78 is 0. The first-order chi connectivity index (χ1) is 14.6. The lowest BCUT2D eigenvalue weighted by atomic mass is 9.73. The molecule has 0 fully saturated rings. The molecule has 1 unspecified atom stereocenters. The Morgan fingerprint density at radius 1 is 1.00 bits per heavy atom. The van der Waals surface area contributed by atoms with Crippen LogP contribution >= 0.6 is 11.6 Å². The zero-order valence-corrected chi connectivity index (χ0v) is 17.9. The second-order valence-electron chi connectivity index (χ2n) is 8.25. The van der Waals surface area contributed by atoms with E-state index in [2.05, 4.69) is 24.5 Å². The number of benzene rings is 2. The molecule has 0 spiro atoms. The van der Waals surface area contributed by atoms with Crippen LogP contribution in [0.15, 0.2) is 59.8 Å². The van der Waals surface area contributed by atoms with Crippen molar-refractivity contribution in [2.75, 3.05) is 10.6 Å². The lowest BCUT2D eigenvalue weighted by molar-refractivity contribution is -0.159. The van der Waals surface area contributed by atoms with Gasteiger partial charge in [-0.3, -0.25) is 4.79 Å². The first-order valence-corrected chi connectivity index (χ1v) is 10.1. The number of aliphatic carboxylic acids is 2. The van der Waals surface area contributed by atoms with Crippen molar-refractivity contribution in [3.63, 3.8) is 0 Å². The minimum atomic E-state index is -1.82. The molecule has 0 saturated heterocycles. The summed E-state index contributed by atoms with van der Waals surface area (Å²) in [4.78, 5) is 31.2. The van der Waals surface area contributed by atoms with Gasteiger partial charge in [-0.2, -0.15) is 0 Å². The standard InChI is InChI=1S/C21H21ClN2O.C2H2O4/c1-21(2)11-17-19(18(25)12-21)20(13-6-5-7-14(22)10-13)24-16-9-4-3-8-15(16)23-17;3-1(4)2(5)6/h3-10,20,23-24H,11-12H2,1-2H3;(H,3,4)(H,5,6). The number of para-hydroxylation sites is 2. The van der Waals surface area contributed by atoms with Gasteiger partial charge >= 0.3 is 11.9 Å². The third-order valence-electron chi connectivity index (χ3n) is 5.09. The topological polar surface area (TPSA) is 116 Å². The van der Waals surface area contributed by atoms with Crippen molar-refractivity contribution in [3.05, 3.63) is 70.4 Å². The maximum Gasteiger partial charge on any atom is 0.414 e. The van der Waals surface area contributed by atoms with Crippen molar-refractivity contribution < 1.29 is 24.6 Å². The number of carboxylic acid groups (broad SMARTS) is 2. The predicted molar refractivity (Wildman–Crippen MR) is 118 cm³/mol. The summed E-state index contributed by atoms with van der Waals surface area (Å²) in [5.41, 5.74) is 4.81. The van der Waals surface area contributed by atoms with Gasteiger partial charge in [0.15, 0.2) is 5.78 Å². The summed E-state index contributed by atoms with van der Waals surface area (Å²) in [7, 11) is 0.